The molecule has 6 heteroatoms. The number of rotatable bonds is 6. The van der Waals surface area contributed by atoms with Gasteiger partial charge in [-0.2, -0.15) is 0 Å². The molecule has 2 aromatic rings. The van der Waals surface area contributed by atoms with Crippen LogP contribution in [-0.4, -0.2) is 34.2 Å². The molecule has 1 aliphatic rings. The molecule has 0 amide bonds. The molecule has 1 aromatic heterocycles. The van der Waals surface area contributed by atoms with Crippen LogP contribution in [0.3, 0.4) is 0 Å². The summed E-state index contributed by atoms with van der Waals surface area (Å²) in [4.78, 5) is 13.0. The number of likely N-dealkylation sites (tertiary alicyclic amines) is 1. The number of carboxylic acid groups (broad SMARTS) is 1. The van der Waals surface area contributed by atoms with Gasteiger partial charge in [-0.15, -0.1) is 0 Å². The maximum absolute atomic E-state index is 13.0. The van der Waals surface area contributed by atoms with E-state index in [0.717, 1.165) is 43.7 Å². The SMILES string of the molecule is O=C(O)CCC1CCCN(Cc2cc(-c3ccc(F)cc3)no2)C1. The Kier molecular flexibility index (Phi) is 5.25. The predicted molar refractivity (Wildman–Crippen MR) is 86.8 cm³/mol. The predicted octanol–water partition coefficient (Wildman–Crippen LogP) is 3.56. The second-order valence-electron chi connectivity index (χ2n) is 6.36. The largest absolute Gasteiger partial charge is 0.481 e. The number of hydrogen-bond donors (Lipinski definition) is 1. The van der Waals surface area contributed by atoms with Crippen LogP contribution in [0.2, 0.25) is 0 Å². The number of aliphatic carboxylic acids is 1. The van der Waals surface area contributed by atoms with Crippen LogP contribution >= 0.6 is 0 Å². The van der Waals surface area contributed by atoms with Gasteiger partial charge in [-0.3, -0.25) is 9.69 Å². The van der Waals surface area contributed by atoms with Crippen LogP contribution < -0.4 is 0 Å². The zero-order chi connectivity index (χ0) is 16.9. The van der Waals surface area contributed by atoms with E-state index in [-0.39, 0.29) is 12.2 Å². The molecule has 24 heavy (non-hydrogen) atoms. The highest BCUT2D eigenvalue weighted by molar-refractivity contribution is 5.66. The summed E-state index contributed by atoms with van der Waals surface area (Å²) < 4.78 is 18.4. The van der Waals surface area contributed by atoms with Gasteiger partial charge in [0.25, 0.3) is 0 Å². The molecule has 2 heterocycles. The second kappa shape index (κ2) is 7.57. The van der Waals surface area contributed by atoms with E-state index < -0.39 is 5.97 Å². The fourth-order valence-electron chi connectivity index (χ4n) is 3.22. The fraction of sp³-hybridized carbons (Fsp3) is 0.444. The van der Waals surface area contributed by atoms with Crippen LogP contribution in [0.1, 0.15) is 31.4 Å². The van der Waals surface area contributed by atoms with Crippen molar-refractivity contribution in [3.63, 3.8) is 0 Å². The van der Waals surface area contributed by atoms with Gasteiger partial charge in [-0.1, -0.05) is 5.16 Å². The lowest BCUT2D eigenvalue weighted by Crippen LogP contribution is -2.35. The van der Waals surface area contributed by atoms with Crippen molar-refractivity contribution < 1.29 is 18.8 Å². The number of aromatic nitrogens is 1. The summed E-state index contributed by atoms with van der Waals surface area (Å²) in [5.41, 5.74) is 1.52. The molecule has 0 spiro atoms. The van der Waals surface area contributed by atoms with Crippen LogP contribution in [0.25, 0.3) is 11.3 Å². The zero-order valence-corrected chi connectivity index (χ0v) is 13.4. The van der Waals surface area contributed by atoms with E-state index in [0.29, 0.717) is 18.2 Å². The van der Waals surface area contributed by atoms with Crippen molar-refractivity contribution in [2.24, 2.45) is 5.92 Å². The van der Waals surface area contributed by atoms with Crippen LogP contribution in [0.15, 0.2) is 34.9 Å². The van der Waals surface area contributed by atoms with Crippen molar-refractivity contribution in [2.75, 3.05) is 13.1 Å². The molecule has 0 bridgehead atoms. The number of carbonyl (C=O) groups is 1. The van der Waals surface area contributed by atoms with E-state index >= 15 is 0 Å². The minimum Gasteiger partial charge on any atom is -0.481 e. The number of hydrogen-bond acceptors (Lipinski definition) is 4. The van der Waals surface area contributed by atoms with Gasteiger partial charge in [0.1, 0.15) is 11.5 Å². The lowest BCUT2D eigenvalue weighted by atomic mass is 9.93. The normalized spacial score (nSPS) is 18.6. The third kappa shape index (κ3) is 4.41. The molecule has 5 nitrogen and oxygen atoms in total. The Balaban J connectivity index is 1.58. The molecule has 1 aliphatic heterocycles. The summed E-state index contributed by atoms with van der Waals surface area (Å²) in [7, 11) is 0. The first-order valence-corrected chi connectivity index (χ1v) is 8.26. The number of piperidine rings is 1. The van der Waals surface area contributed by atoms with Crippen LogP contribution in [-0.2, 0) is 11.3 Å². The fourth-order valence-corrected chi connectivity index (χ4v) is 3.22. The van der Waals surface area contributed by atoms with Gasteiger partial charge in [-0.05, 0) is 56.0 Å². The lowest BCUT2D eigenvalue weighted by Gasteiger charge is -2.31. The van der Waals surface area contributed by atoms with E-state index in [4.69, 9.17) is 9.63 Å². The third-order valence-corrected chi connectivity index (χ3v) is 4.45. The van der Waals surface area contributed by atoms with Gasteiger partial charge in [0.05, 0.1) is 6.54 Å². The molecule has 1 N–H and O–H groups in total. The Hall–Kier alpha value is -2.21. The Morgan fingerprint density at radius 1 is 1.38 bits per heavy atom. The summed E-state index contributed by atoms with van der Waals surface area (Å²) in [6.45, 7) is 2.54. The van der Waals surface area contributed by atoms with Gasteiger partial charge >= 0.3 is 5.97 Å². The van der Waals surface area contributed by atoms with Crippen molar-refractivity contribution in [1.82, 2.24) is 10.1 Å². The Morgan fingerprint density at radius 3 is 2.92 bits per heavy atom. The first-order valence-electron chi connectivity index (χ1n) is 8.26. The third-order valence-electron chi connectivity index (χ3n) is 4.45. The number of carboxylic acids is 1. The molecule has 128 valence electrons. The average molecular weight is 332 g/mol. The van der Waals surface area contributed by atoms with E-state index in [1.165, 1.54) is 12.1 Å². The van der Waals surface area contributed by atoms with E-state index in [1.807, 2.05) is 6.07 Å². The molecule has 0 aliphatic carbocycles. The maximum Gasteiger partial charge on any atom is 0.303 e. The van der Waals surface area contributed by atoms with Crippen molar-refractivity contribution in [1.29, 1.82) is 0 Å². The Bertz CT molecular complexity index is 684. The summed E-state index contributed by atoms with van der Waals surface area (Å²) in [6, 6.07) is 8.05. The first-order chi connectivity index (χ1) is 11.6. The highest BCUT2D eigenvalue weighted by Gasteiger charge is 2.21. The van der Waals surface area contributed by atoms with E-state index in [2.05, 4.69) is 10.1 Å². The van der Waals surface area contributed by atoms with Crippen LogP contribution in [0, 0.1) is 11.7 Å². The highest BCUT2D eigenvalue weighted by Crippen LogP contribution is 2.24. The molecule has 1 unspecified atom stereocenters. The molecular weight excluding hydrogens is 311 g/mol. The standard InChI is InChI=1S/C18H21FN2O3/c19-15-6-4-14(5-7-15)17-10-16(24-20-17)12-21-9-1-2-13(11-21)3-8-18(22)23/h4-7,10,13H,1-3,8-9,11-12H2,(H,22,23). The van der Waals surface area contributed by atoms with Gasteiger partial charge in [0.2, 0.25) is 0 Å². The minimum atomic E-state index is -0.730. The minimum absolute atomic E-state index is 0.232. The molecule has 1 aromatic carbocycles. The summed E-state index contributed by atoms with van der Waals surface area (Å²) in [5.74, 6) is 0.192. The van der Waals surface area contributed by atoms with Crippen molar-refractivity contribution in [2.45, 2.75) is 32.2 Å². The smallest absolute Gasteiger partial charge is 0.303 e. The Morgan fingerprint density at radius 2 is 2.17 bits per heavy atom. The van der Waals surface area contributed by atoms with Gasteiger partial charge < -0.3 is 9.63 Å². The van der Waals surface area contributed by atoms with Crippen LogP contribution in [0.5, 0.6) is 0 Å². The summed E-state index contributed by atoms with van der Waals surface area (Å²) in [6.07, 6.45) is 3.11. The highest BCUT2D eigenvalue weighted by atomic mass is 19.1. The average Bonchev–Trinajstić information content (AvgIpc) is 3.02. The molecule has 0 saturated carbocycles. The molecule has 1 saturated heterocycles. The second-order valence-corrected chi connectivity index (χ2v) is 6.36. The first kappa shape index (κ1) is 16.6. The van der Waals surface area contributed by atoms with Crippen molar-refractivity contribution >= 4 is 5.97 Å². The number of benzene rings is 1. The summed E-state index contributed by atoms with van der Waals surface area (Å²) in [5, 5.41) is 12.9. The summed E-state index contributed by atoms with van der Waals surface area (Å²) >= 11 is 0. The van der Waals surface area contributed by atoms with E-state index in [1.54, 1.807) is 12.1 Å². The number of nitrogens with zero attached hydrogens (tertiary/aromatic N) is 2. The molecule has 0 radical (unpaired) electrons. The maximum atomic E-state index is 13.0. The zero-order valence-electron chi connectivity index (χ0n) is 13.4. The van der Waals surface area contributed by atoms with Crippen LogP contribution in [0.4, 0.5) is 4.39 Å². The van der Waals surface area contributed by atoms with Gasteiger partial charge in [0, 0.05) is 24.6 Å². The van der Waals surface area contributed by atoms with Gasteiger partial charge in [-0.25, -0.2) is 4.39 Å². The lowest BCUT2D eigenvalue weighted by molar-refractivity contribution is -0.137. The molecule has 1 fully saturated rings. The van der Waals surface area contributed by atoms with Gasteiger partial charge in [0.15, 0.2) is 5.76 Å². The topological polar surface area (TPSA) is 66.6 Å². The Labute approximate surface area is 140 Å². The van der Waals surface area contributed by atoms with Crippen molar-refractivity contribution in [3.8, 4) is 11.3 Å². The number of halogens is 1. The molecular formula is C18H21FN2O3. The molecule has 1 atom stereocenters. The quantitative estimate of drug-likeness (QED) is 0.876. The van der Waals surface area contributed by atoms with E-state index in [9.17, 15) is 9.18 Å². The molecule has 3 rings (SSSR count). The van der Waals surface area contributed by atoms with Crippen molar-refractivity contribution in [3.05, 3.63) is 41.9 Å². The monoisotopic (exact) mass is 332 g/mol.